The van der Waals surface area contributed by atoms with E-state index < -0.39 is 0 Å². The lowest BCUT2D eigenvalue weighted by molar-refractivity contribution is -0.131. The highest BCUT2D eigenvalue weighted by molar-refractivity contribution is 6.10. The Morgan fingerprint density at radius 2 is 1.66 bits per heavy atom. The summed E-state index contributed by atoms with van der Waals surface area (Å²) in [7, 11) is 0. The Morgan fingerprint density at radius 1 is 0.886 bits per heavy atom. The van der Waals surface area contributed by atoms with Gasteiger partial charge < -0.3 is 14.8 Å². The molecule has 2 aliphatic heterocycles. The monoisotopic (exact) mass is 475 g/mol. The largest absolute Gasteiger partial charge is 0.342 e. The normalized spacial score (nSPS) is 18.7. The number of fused-ring (bicyclic) bond motifs is 3. The molecule has 2 saturated heterocycles. The van der Waals surface area contributed by atoms with Gasteiger partial charge in [-0.25, -0.2) is 0 Å². The molecular formula is C28H37N5O2. The quantitative estimate of drug-likeness (QED) is 0.590. The number of hydrogen-bond donors (Lipinski definition) is 1. The van der Waals surface area contributed by atoms with Crippen LogP contribution in [0.5, 0.6) is 0 Å². The van der Waals surface area contributed by atoms with Gasteiger partial charge in [-0.2, -0.15) is 0 Å². The maximum Gasteiger partial charge on any atom is 0.241 e. The highest BCUT2D eigenvalue weighted by Crippen LogP contribution is 2.31. The number of likely N-dealkylation sites (tertiary alicyclic amines) is 1. The van der Waals surface area contributed by atoms with Crippen LogP contribution in [0.3, 0.4) is 0 Å². The van der Waals surface area contributed by atoms with Crippen LogP contribution in [0.15, 0.2) is 42.5 Å². The van der Waals surface area contributed by atoms with Crippen LogP contribution >= 0.6 is 0 Å². The summed E-state index contributed by atoms with van der Waals surface area (Å²) in [5, 5.41) is 5.54. The van der Waals surface area contributed by atoms with Crippen LogP contribution in [-0.4, -0.2) is 82.9 Å². The van der Waals surface area contributed by atoms with Gasteiger partial charge in [0, 0.05) is 66.8 Å². The molecule has 1 aromatic heterocycles. The van der Waals surface area contributed by atoms with Crippen molar-refractivity contribution < 1.29 is 9.59 Å². The maximum atomic E-state index is 13.2. The minimum absolute atomic E-state index is 0.0187. The van der Waals surface area contributed by atoms with E-state index in [1.807, 2.05) is 17.9 Å². The van der Waals surface area contributed by atoms with Crippen LogP contribution in [0, 0.1) is 0 Å². The van der Waals surface area contributed by atoms with Crippen LogP contribution in [-0.2, 0) is 16.1 Å². The Bertz CT molecular complexity index is 1210. The number of carbonyl (C=O) groups is 2. The second-order valence-corrected chi connectivity index (χ2v) is 9.91. The van der Waals surface area contributed by atoms with Crippen molar-refractivity contribution in [2.45, 2.75) is 45.7 Å². The average molecular weight is 476 g/mol. The second-order valence-electron chi connectivity index (χ2n) is 9.91. The van der Waals surface area contributed by atoms with E-state index in [4.69, 9.17) is 0 Å². The van der Waals surface area contributed by atoms with Gasteiger partial charge in [0.25, 0.3) is 0 Å². The molecule has 35 heavy (non-hydrogen) atoms. The number of nitrogens with one attached hydrogen (secondary N) is 1. The van der Waals surface area contributed by atoms with Gasteiger partial charge in [-0.05, 0) is 63.9 Å². The van der Waals surface area contributed by atoms with E-state index in [1.54, 1.807) is 0 Å². The summed E-state index contributed by atoms with van der Waals surface area (Å²) in [5.41, 5.74) is 3.25. The van der Waals surface area contributed by atoms with Crippen molar-refractivity contribution in [2.24, 2.45) is 0 Å². The van der Waals surface area contributed by atoms with E-state index in [1.165, 1.54) is 21.8 Å². The molecule has 2 aromatic carbocycles. The van der Waals surface area contributed by atoms with Crippen molar-refractivity contribution in [2.75, 3.05) is 51.1 Å². The third-order valence-corrected chi connectivity index (χ3v) is 7.72. The lowest BCUT2D eigenvalue weighted by atomic mass is 10.1. The number of hydrogen-bond acceptors (Lipinski definition) is 4. The summed E-state index contributed by atoms with van der Waals surface area (Å²) in [6, 6.07) is 14.4. The lowest BCUT2D eigenvalue weighted by Gasteiger charge is -2.27. The molecule has 2 aliphatic rings. The molecule has 7 nitrogen and oxygen atoms in total. The highest BCUT2D eigenvalue weighted by Gasteiger charge is 2.26. The van der Waals surface area contributed by atoms with E-state index in [0.717, 1.165) is 70.8 Å². The van der Waals surface area contributed by atoms with Crippen molar-refractivity contribution in [1.82, 2.24) is 19.3 Å². The van der Waals surface area contributed by atoms with E-state index in [-0.39, 0.29) is 17.9 Å². The summed E-state index contributed by atoms with van der Waals surface area (Å²) >= 11 is 0. The van der Waals surface area contributed by atoms with Gasteiger partial charge in [0.2, 0.25) is 11.8 Å². The number of aromatic nitrogens is 1. The van der Waals surface area contributed by atoms with Crippen LogP contribution in [0.4, 0.5) is 5.69 Å². The molecular weight excluding hydrogens is 438 g/mol. The zero-order valence-electron chi connectivity index (χ0n) is 21.0. The van der Waals surface area contributed by atoms with Crippen molar-refractivity contribution in [3.63, 3.8) is 0 Å². The van der Waals surface area contributed by atoms with E-state index in [9.17, 15) is 9.59 Å². The lowest BCUT2D eigenvalue weighted by Crippen LogP contribution is -2.44. The topological polar surface area (TPSA) is 60.8 Å². The number of anilines is 1. The maximum absolute atomic E-state index is 13.2. The zero-order valence-corrected chi connectivity index (χ0v) is 21.0. The molecule has 0 aliphatic carbocycles. The summed E-state index contributed by atoms with van der Waals surface area (Å²) in [4.78, 5) is 32.2. The minimum Gasteiger partial charge on any atom is -0.342 e. The van der Waals surface area contributed by atoms with Crippen LogP contribution < -0.4 is 5.32 Å². The molecule has 0 radical (unpaired) electrons. The Morgan fingerprint density at radius 3 is 2.46 bits per heavy atom. The van der Waals surface area contributed by atoms with E-state index >= 15 is 0 Å². The number of para-hydroxylation sites is 1. The Hall–Kier alpha value is -2.90. The van der Waals surface area contributed by atoms with Gasteiger partial charge in [0.1, 0.15) is 0 Å². The van der Waals surface area contributed by atoms with Gasteiger partial charge in [-0.1, -0.05) is 18.2 Å². The fraction of sp³-hybridized carbons (Fsp3) is 0.500. The molecule has 2 fully saturated rings. The van der Waals surface area contributed by atoms with E-state index in [0.29, 0.717) is 6.54 Å². The summed E-state index contributed by atoms with van der Waals surface area (Å²) < 4.78 is 2.32. The Labute approximate surface area is 207 Å². The van der Waals surface area contributed by atoms with Crippen molar-refractivity contribution in [1.29, 1.82) is 0 Å². The molecule has 0 spiro atoms. The van der Waals surface area contributed by atoms with Gasteiger partial charge in [-0.15, -0.1) is 0 Å². The molecule has 3 heterocycles. The van der Waals surface area contributed by atoms with Gasteiger partial charge in [0.15, 0.2) is 0 Å². The number of nitrogens with zero attached hydrogens (tertiary/aromatic N) is 4. The minimum atomic E-state index is -0.225. The zero-order chi connectivity index (χ0) is 24.4. The molecule has 0 unspecified atom stereocenters. The Kier molecular flexibility index (Phi) is 7.07. The van der Waals surface area contributed by atoms with Crippen molar-refractivity contribution in [3.05, 3.63) is 42.5 Å². The third kappa shape index (κ3) is 4.93. The molecule has 2 amide bonds. The summed E-state index contributed by atoms with van der Waals surface area (Å²) in [6.45, 7) is 10.7. The van der Waals surface area contributed by atoms with Gasteiger partial charge in [0.05, 0.1) is 12.6 Å². The molecule has 3 aromatic rings. The fourth-order valence-electron chi connectivity index (χ4n) is 5.68. The first-order chi connectivity index (χ1) is 17.0. The number of carbonyl (C=O) groups excluding carboxylic acids is 2. The molecule has 7 heteroatoms. The van der Waals surface area contributed by atoms with Crippen molar-refractivity contribution >= 4 is 39.3 Å². The summed E-state index contributed by atoms with van der Waals surface area (Å²) in [5.74, 6) is 0.270. The SMILES string of the molecule is CCn1c2ccccc2c2cc(NC(=O)[C@@H](C)N3CCCN(CC(=O)N4CCCC4)CC3)ccc21. The van der Waals surface area contributed by atoms with Gasteiger partial charge >= 0.3 is 0 Å². The molecule has 1 atom stereocenters. The van der Waals surface area contributed by atoms with Crippen LogP contribution in [0.2, 0.25) is 0 Å². The molecule has 5 rings (SSSR count). The molecule has 186 valence electrons. The predicted octanol–water partition coefficient (Wildman–Crippen LogP) is 3.77. The molecule has 1 N–H and O–H groups in total. The average Bonchev–Trinajstić information content (AvgIpc) is 3.45. The van der Waals surface area contributed by atoms with Crippen LogP contribution in [0.25, 0.3) is 21.8 Å². The number of benzene rings is 2. The first-order valence-electron chi connectivity index (χ1n) is 13.1. The number of amides is 2. The van der Waals surface area contributed by atoms with Crippen LogP contribution in [0.1, 0.15) is 33.1 Å². The third-order valence-electron chi connectivity index (χ3n) is 7.72. The fourth-order valence-corrected chi connectivity index (χ4v) is 5.68. The number of rotatable bonds is 6. The standard InChI is InChI=1S/C28H37N5O2/c1-3-33-25-10-5-4-9-23(25)24-19-22(11-12-26(24)33)29-28(35)21(2)31-16-8-13-30(17-18-31)20-27(34)32-14-6-7-15-32/h4-5,9-12,19,21H,3,6-8,13-18,20H2,1-2H3,(H,29,35)/t21-/m1/s1. The smallest absolute Gasteiger partial charge is 0.241 e. The Balaban J connectivity index is 1.22. The summed E-state index contributed by atoms with van der Waals surface area (Å²) in [6.07, 6.45) is 3.22. The molecule has 0 bridgehead atoms. The van der Waals surface area contributed by atoms with E-state index in [2.05, 4.69) is 63.0 Å². The highest BCUT2D eigenvalue weighted by atomic mass is 16.2. The number of aryl methyl sites for hydroxylation is 1. The first kappa shape index (κ1) is 23.8. The first-order valence-corrected chi connectivity index (χ1v) is 13.1. The predicted molar refractivity (Wildman–Crippen MR) is 142 cm³/mol. The molecule has 0 saturated carbocycles. The van der Waals surface area contributed by atoms with Crippen molar-refractivity contribution in [3.8, 4) is 0 Å². The van der Waals surface area contributed by atoms with Gasteiger partial charge in [-0.3, -0.25) is 19.4 Å². The second kappa shape index (κ2) is 10.4.